The van der Waals surface area contributed by atoms with Crippen molar-refractivity contribution in [2.24, 2.45) is 11.3 Å². The topological polar surface area (TPSA) is 22.1 Å². The first kappa shape index (κ1) is 19.0. The standard InChI is InChI=1S/C21H26F3NO/c1-13-11-18(21(22,23)24)17-12-16(9-10-19(17)25-13)26-15-7-5-14(6-8-15)20(2,3)4/h9-12,14-15H,5-8H2,1-4H3. The SMILES string of the molecule is Cc1cc(C(F)(F)F)c2cc(OC3CCC(C(C)(C)C)CC3)ccc2n1. The molecule has 142 valence electrons. The molecule has 5 heteroatoms. The molecule has 1 aromatic carbocycles. The molecular formula is C21H26F3NO. The number of aromatic nitrogens is 1. The maximum absolute atomic E-state index is 13.4. The van der Waals surface area contributed by atoms with Crippen LogP contribution in [0, 0.1) is 18.3 Å². The van der Waals surface area contributed by atoms with Crippen molar-refractivity contribution >= 4 is 10.9 Å². The highest BCUT2D eigenvalue weighted by molar-refractivity contribution is 5.84. The highest BCUT2D eigenvalue weighted by atomic mass is 19.4. The van der Waals surface area contributed by atoms with Crippen LogP contribution in [0.15, 0.2) is 24.3 Å². The van der Waals surface area contributed by atoms with Crippen LogP contribution < -0.4 is 4.74 Å². The largest absolute Gasteiger partial charge is 0.490 e. The summed E-state index contributed by atoms with van der Waals surface area (Å²) in [6, 6.07) is 5.93. The molecule has 1 aliphatic rings. The lowest BCUT2D eigenvalue weighted by Gasteiger charge is -2.37. The van der Waals surface area contributed by atoms with Crippen molar-refractivity contribution in [3.63, 3.8) is 0 Å². The van der Waals surface area contributed by atoms with Crippen molar-refractivity contribution in [3.8, 4) is 5.75 Å². The maximum atomic E-state index is 13.4. The predicted molar refractivity (Wildman–Crippen MR) is 97.3 cm³/mol. The number of halogens is 3. The first-order chi connectivity index (χ1) is 12.0. The van der Waals surface area contributed by atoms with E-state index in [0.717, 1.165) is 31.7 Å². The molecule has 1 heterocycles. The third-order valence-corrected chi connectivity index (χ3v) is 5.42. The molecule has 1 saturated carbocycles. The van der Waals surface area contributed by atoms with Crippen LogP contribution >= 0.6 is 0 Å². The molecular weight excluding hydrogens is 339 g/mol. The molecule has 1 fully saturated rings. The van der Waals surface area contributed by atoms with E-state index in [1.54, 1.807) is 19.1 Å². The molecule has 0 atom stereocenters. The fraction of sp³-hybridized carbons (Fsp3) is 0.571. The minimum atomic E-state index is -4.41. The molecule has 0 aliphatic heterocycles. The number of nitrogens with zero attached hydrogens (tertiary/aromatic N) is 1. The Kier molecular flexibility index (Phi) is 4.93. The van der Waals surface area contributed by atoms with Crippen LogP contribution in [-0.4, -0.2) is 11.1 Å². The van der Waals surface area contributed by atoms with Crippen molar-refractivity contribution in [1.82, 2.24) is 4.98 Å². The smallest absolute Gasteiger partial charge is 0.417 e. The molecule has 0 unspecified atom stereocenters. The van der Waals surface area contributed by atoms with Crippen LogP contribution in [0.25, 0.3) is 10.9 Å². The molecule has 26 heavy (non-hydrogen) atoms. The van der Waals surface area contributed by atoms with Gasteiger partial charge in [0.15, 0.2) is 0 Å². The van der Waals surface area contributed by atoms with Gasteiger partial charge in [-0.1, -0.05) is 20.8 Å². The van der Waals surface area contributed by atoms with Gasteiger partial charge in [-0.3, -0.25) is 4.98 Å². The number of fused-ring (bicyclic) bond motifs is 1. The van der Waals surface area contributed by atoms with Gasteiger partial charge in [-0.05, 0) is 68.2 Å². The molecule has 2 nitrogen and oxygen atoms in total. The first-order valence-electron chi connectivity index (χ1n) is 9.19. The quantitative estimate of drug-likeness (QED) is 0.602. The number of hydrogen-bond acceptors (Lipinski definition) is 2. The van der Waals surface area contributed by atoms with Gasteiger partial charge in [0, 0.05) is 11.1 Å². The number of benzene rings is 1. The first-order valence-corrected chi connectivity index (χ1v) is 9.19. The Morgan fingerprint density at radius 1 is 1.00 bits per heavy atom. The van der Waals surface area contributed by atoms with Crippen molar-refractivity contribution in [3.05, 3.63) is 35.5 Å². The van der Waals surface area contributed by atoms with Crippen molar-refractivity contribution in [2.75, 3.05) is 0 Å². The summed E-state index contributed by atoms with van der Waals surface area (Å²) in [4.78, 5) is 4.22. The lowest BCUT2D eigenvalue weighted by molar-refractivity contribution is -0.136. The van der Waals surface area contributed by atoms with Gasteiger partial charge >= 0.3 is 6.18 Å². The highest BCUT2D eigenvalue weighted by Crippen LogP contribution is 2.40. The van der Waals surface area contributed by atoms with Crippen molar-refractivity contribution in [2.45, 2.75) is 65.7 Å². The molecule has 3 rings (SSSR count). The fourth-order valence-corrected chi connectivity index (χ4v) is 3.88. The van der Waals surface area contributed by atoms with Gasteiger partial charge in [0.25, 0.3) is 0 Å². The zero-order valence-corrected chi connectivity index (χ0v) is 15.8. The fourth-order valence-electron chi connectivity index (χ4n) is 3.88. The number of pyridine rings is 1. The molecule has 1 aliphatic carbocycles. The van der Waals surface area contributed by atoms with E-state index in [1.165, 1.54) is 6.07 Å². The molecule has 0 spiro atoms. The Bertz CT molecular complexity index is 784. The summed E-state index contributed by atoms with van der Waals surface area (Å²) in [6.45, 7) is 8.36. The van der Waals surface area contributed by atoms with E-state index < -0.39 is 11.7 Å². The number of rotatable bonds is 2. The van der Waals surface area contributed by atoms with Crippen molar-refractivity contribution < 1.29 is 17.9 Å². The molecule has 0 bridgehead atoms. The summed E-state index contributed by atoms with van der Waals surface area (Å²) in [5.41, 5.74) is 0.348. The second-order valence-electron chi connectivity index (χ2n) is 8.45. The van der Waals surface area contributed by atoms with Crippen LogP contribution in [-0.2, 0) is 6.18 Å². The average Bonchev–Trinajstić information content (AvgIpc) is 2.53. The summed E-state index contributed by atoms with van der Waals surface area (Å²) in [5.74, 6) is 1.16. The summed E-state index contributed by atoms with van der Waals surface area (Å²) in [5, 5.41) is 0.101. The number of hydrogen-bond donors (Lipinski definition) is 0. The minimum Gasteiger partial charge on any atom is -0.490 e. The second kappa shape index (κ2) is 6.75. The zero-order chi connectivity index (χ0) is 19.1. The molecule has 1 aromatic heterocycles. The van der Waals surface area contributed by atoms with E-state index >= 15 is 0 Å². The second-order valence-corrected chi connectivity index (χ2v) is 8.45. The molecule has 2 aromatic rings. The van der Waals surface area contributed by atoms with Gasteiger partial charge in [-0.15, -0.1) is 0 Å². The zero-order valence-electron chi connectivity index (χ0n) is 15.8. The number of aryl methyl sites for hydroxylation is 1. The van der Waals surface area contributed by atoms with Gasteiger partial charge < -0.3 is 4.74 Å². The van der Waals surface area contributed by atoms with Gasteiger partial charge in [0.1, 0.15) is 5.75 Å². The predicted octanol–water partition coefficient (Wildman–Crippen LogP) is 6.55. The van der Waals surface area contributed by atoms with Crippen LogP contribution in [0.3, 0.4) is 0 Å². The lowest BCUT2D eigenvalue weighted by Crippen LogP contribution is -2.30. The van der Waals surface area contributed by atoms with Gasteiger partial charge in [0.2, 0.25) is 0 Å². The minimum absolute atomic E-state index is 0.0683. The number of ether oxygens (including phenoxy) is 1. The van der Waals surface area contributed by atoms with E-state index in [9.17, 15) is 13.2 Å². The molecule has 0 radical (unpaired) electrons. The van der Waals surface area contributed by atoms with Crippen LogP contribution in [0.1, 0.15) is 57.7 Å². The van der Waals surface area contributed by atoms with E-state index in [2.05, 4.69) is 25.8 Å². The van der Waals surface area contributed by atoms with Gasteiger partial charge in [-0.25, -0.2) is 0 Å². The van der Waals surface area contributed by atoms with E-state index in [0.29, 0.717) is 28.3 Å². The van der Waals surface area contributed by atoms with Crippen LogP contribution in [0.4, 0.5) is 13.2 Å². The van der Waals surface area contributed by atoms with E-state index in [-0.39, 0.29) is 11.5 Å². The summed E-state index contributed by atoms with van der Waals surface area (Å²) in [6.07, 6.45) is -0.267. The monoisotopic (exact) mass is 365 g/mol. The van der Waals surface area contributed by atoms with Crippen molar-refractivity contribution in [1.29, 1.82) is 0 Å². The van der Waals surface area contributed by atoms with E-state index in [1.807, 2.05) is 0 Å². The lowest BCUT2D eigenvalue weighted by atomic mass is 9.72. The molecule has 0 saturated heterocycles. The Morgan fingerprint density at radius 2 is 1.65 bits per heavy atom. The summed E-state index contributed by atoms with van der Waals surface area (Å²) in [7, 11) is 0. The Morgan fingerprint density at radius 3 is 2.23 bits per heavy atom. The van der Waals surface area contributed by atoms with Crippen LogP contribution in [0.2, 0.25) is 0 Å². The Hall–Kier alpha value is -1.78. The average molecular weight is 365 g/mol. The van der Waals surface area contributed by atoms with E-state index in [4.69, 9.17) is 4.74 Å². The Labute approximate surface area is 152 Å². The van der Waals surface area contributed by atoms with Gasteiger partial charge in [-0.2, -0.15) is 13.2 Å². The number of alkyl halides is 3. The third-order valence-electron chi connectivity index (χ3n) is 5.42. The maximum Gasteiger partial charge on any atom is 0.417 e. The molecule has 0 amide bonds. The normalized spacial score (nSPS) is 21.8. The summed E-state index contributed by atoms with van der Waals surface area (Å²) < 4.78 is 46.2. The molecule has 0 N–H and O–H groups in total. The Balaban J connectivity index is 1.81. The van der Waals surface area contributed by atoms with Gasteiger partial charge in [0.05, 0.1) is 17.2 Å². The highest BCUT2D eigenvalue weighted by Gasteiger charge is 2.34. The van der Waals surface area contributed by atoms with Crippen LogP contribution in [0.5, 0.6) is 5.75 Å². The third kappa shape index (κ3) is 4.13. The summed E-state index contributed by atoms with van der Waals surface area (Å²) >= 11 is 0.